The highest BCUT2D eigenvalue weighted by Gasteiger charge is 2.45. The second-order valence-corrected chi connectivity index (χ2v) is 6.06. The fourth-order valence-electron chi connectivity index (χ4n) is 2.81. The molecule has 1 aliphatic rings. The molecule has 1 unspecified atom stereocenters. The first kappa shape index (κ1) is 13.8. The molecule has 3 rings (SSSR count). The Hall–Kier alpha value is -2.16. The Morgan fingerprint density at radius 1 is 1.67 bits per heavy atom. The van der Waals surface area contributed by atoms with Crippen LogP contribution in [-0.2, 0) is 4.79 Å². The van der Waals surface area contributed by atoms with Crippen molar-refractivity contribution in [1.29, 1.82) is 0 Å². The van der Waals surface area contributed by atoms with E-state index in [1.807, 2.05) is 6.92 Å². The molecule has 21 heavy (non-hydrogen) atoms. The first-order valence-corrected chi connectivity index (χ1v) is 7.45. The number of aliphatic carboxylic acids is 1. The van der Waals surface area contributed by atoms with E-state index in [9.17, 15) is 20.0 Å². The second kappa shape index (κ2) is 4.69. The molecule has 112 valence electrons. The number of hydrogen-bond acceptors (Lipinski definition) is 6. The van der Waals surface area contributed by atoms with Gasteiger partial charge in [-0.15, -0.1) is 0 Å². The lowest BCUT2D eigenvalue weighted by molar-refractivity contribution is -0.389. The van der Waals surface area contributed by atoms with Gasteiger partial charge in [-0.25, -0.2) is 0 Å². The molecule has 1 aliphatic heterocycles. The number of nitro groups is 1. The number of anilines is 1. The summed E-state index contributed by atoms with van der Waals surface area (Å²) < 4.78 is 1.44. The van der Waals surface area contributed by atoms with Gasteiger partial charge in [0.2, 0.25) is 5.82 Å². The number of carbonyl (C=O) groups is 1. The number of imidazole rings is 1. The number of hydrogen-bond donors (Lipinski definition) is 1. The van der Waals surface area contributed by atoms with Crippen LogP contribution in [-0.4, -0.2) is 38.5 Å². The standard InChI is InChI=1S/C12H14N4O4S/c1-2-12(10(17)18)3-4-14(7-12)8-9(16(19)20)15-5-6-21-11(15)13-8/h5-6H,2-4,7H2,1H3,(H,17,18). The van der Waals surface area contributed by atoms with Gasteiger partial charge in [0.05, 0.1) is 5.41 Å². The Morgan fingerprint density at radius 3 is 3.00 bits per heavy atom. The van der Waals surface area contributed by atoms with Crippen LogP contribution in [0.2, 0.25) is 0 Å². The Bertz CT molecular complexity index is 724. The number of nitrogens with zero attached hydrogens (tertiary/aromatic N) is 4. The van der Waals surface area contributed by atoms with Gasteiger partial charge in [-0.05, 0) is 17.8 Å². The number of thiazole rings is 1. The first-order valence-electron chi connectivity index (χ1n) is 6.57. The zero-order valence-corrected chi connectivity index (χ0v) is 12.2. The van der Waals surface area contributed by atoms with Crippen LogP contribution in [0, 0.1) is 15.5 Å². The Labute approximate surface area is 123 Å². The van der Waals surface area contributed by atoms with E-state index < -0.39 is 16.3 Å². The minimum absolute atomic E-state index is 0.0939. The number of fused-ring (bicyclic) bond motifs is 1. The molecule has 3 heterocycles. The van der Waals surface area contributed by atoms with Gasteiger partial charge in [-0.3, -0.25) is 4.79 Å². The largest absolute Gasteiger partial charge is 0.481 e. The summed E-state index contributed by atoms with van der Waals surface area (Å²) in [5, 5.41) is 22.5. The summed E-state index contributed by atoms with van der Waals surface area (Å²) in [6.07, 6.45) is 2.57. The van der Waals surface area contributed by atoms with E-state index in [4.69, 9.17) is 0 Å². The van der Waals surface area contributed by atoms with Crippen molar-refractivity contribution >= 4 is 33.9 Å². The molecule has 0 spiro atoms. The third-order valence-electron chi connectivity index (χ3n) is 4.18. The molecule has 0 bridgehead atoms. The highest BCUT2D eigenvalue weighted by Crippen LogP contribution is 2.40. The minimum Gasteiger partial charge on any atom is -0.481 e. The fraction of sp³-hybridized carbons (Fsp3) is 0.500. The Balaban J connectivity index is 2.02. The number of carboxylic acid groups (broad SMARTS) is 1. The second-order valence-electron chi connectivity index (χ2n) is 5.18. The van der Waals surface area contributed by atoms with Gasteiger partial charge in [0.25, 0.3) is 4.96 Å². The maximum atomic E-state index is 11.5. The molecule has 2 aromatic heterocycles. The lowest BCUT2D eigenvalue weighted by Crippen LogP contribution is -2.34. The lowest BCUT2D eigenvalue weighted by Gasteiger charge is -2.22. The molecule has 1 fully saturated rings. The highest BCUT2D eigenvalue weighted by atomic mass is 32.1. The predicted molar refractivity (Wildman–Crippen MR) is 76.9 cm³/mol. The Kier molecular flexibility index (Phi) is 3.08. The van der Waals surface area contributed by atoms with Crippen LogP contribution in [0.15, 0.2) is 11.6 Å². The molecule has 8 nitrogen and oxygen atoms in total. The molecule has 9 heteroatoms. The average molecular weight is 310 g/mol. The van der Waals surface area contributed by atoms with Gasteiger partial charge in [-0.2, -0.15) is 9.38 Å². The van der Waals surface area contributed by atoms with Crippen molar-refractivity contribution in [2.75, 3.05) is 18.0 Å². The van der Waals surface area contributed by atoms with Gasteiger partial charge in [0.1, 0.15) is 6.20 Å². The normalized spacial score (nSPS) is 22.0. The monoisotopic (exact) mass is 310 g/mol. The summed E-state index contributed by atoms with van der Waals surface area (Å²) in [6.45, 7) is 2.55. The highest BCUT2D eigenvalue weighted by molar-refractivity contribution is 7.15. The lowest BCUT2D eigenvalue weighted by atomic mass is 9.84. The van der Waals surface area contributed by atoms with Gasteiger partial charge >= 0.3 is 11.8 Å². The molecule has 0 aromatic carbocycles. The molecule has 0 aliphatic carbocycles. The van der Waals surface area contributed by atoms with E-state index in [1.54, 1.807) is 16.5 Å². The quantitative estimate of drug-likeness (QED) is 0.684. The summed E-state index contributed by atoms with van der Waals surface area (Å²) in [7, 11) is 0. The van der Waals surface area contributed by atoms with Crippen LogP contribution in [0.4, 0.5) is 11.6 Å². The smallest absolute Gasteiger partial charge is 0.373 e. The van der Waals surface area contributed by atoms with Gasteiger partial charge in [0.15, 0.2) is 0 Å². The average Bonchev–Trinajstić information content (AvgIpc) is 3.11. The van der Waals surface area contributed by atoms with Gasteiger partial charge in [-0.1, -0.05) is 18.3 Å². The number of rotatable bonds is 4. The minimum atomic E-state index is -0.851. The van der Waals surface area contributed by atoms with E-state index in [0.717, 1.165) is 0 Å². The summed E-state index contributed by atoms with van der Waals surface area (Å²) in [4.78, 5) is 28.9. The SMILES string of the molecule is CCC1(C(=O)O)CCN(c2nc3sccn3c2[N+](=O)[O-])C1. The molecule has 0 radical (unpaired) electrons. The topological polar surface area (TPSA) is 101 Å². The molecule has 1 atom stereocenters. The molecule has 1 saturated heterocycles. The zero-order valence-electron chi connectivity index (χ0n) is 11.4. The van der Waals surface area contributed by atoms with Crippen molar-refractivity contribution in [1.82, 2.24) is 9.38 Å². The number of aromatic nitrogens is 2. The van der Waals surface area contributed by atoms with Crippen LogP contribution in [0.1, 0.15) is 19.8 Å². The van der Waals surface area contributed by atoms with Crippen molar-refractivity contribution in [2.24, 2.45) is 5.41 Å². The molecule has 2 aromatic rings. The van der Waals surface area contributed by atoms with E-state index in [0.29, 0.717) is 24.3 Å². The van der Waals surface area contributed by atoms with Crippen molar-refractivity contribution in [3.63, 3.8) is 0 Å². The van der Waals surface area contributed by atoms with Crippen LogP contribution in [0.25, 0.3) is 4.96 Å². The van der Waals surface area contributed by atoms with Gasteiger partial charge < -0.3 is 20.1 Å². The summed E-state index contributed by atoms with van der Waals surface area (Å²) in [5.41, 5.74) is -0.842. The van der Waals surface area contributed by atoms with Crippen LogP contribution in [0.5, 0.6) is 0 Å². The van der Waals surface area contributed by atoms with Crippen molar-refractivity contribution in [3.05, 3.63) is 21.7 Å². The maximum absolute atomic E-state index is 11.5. The molecule has 0 saturated carbocycles. The van der Waals surface area contributed by atoms with Gasteiger partial charge in [0, 0.05) is 18.5 Å². The summed E-state index contributed by atoms with van der Waals surface area (Å²) >= 11 is 1.31. The van der Waals surface area contributed by atoms with E-state index in [2.05, 4.69) is 4.98 Å². The number of carboxylic acids is 1. The third kappa shape index (κ3) is 1.96. The first-order chi connectivity index (χ1) is 9.98. The van der Waals surface area contributed by atoms with Crippen LogP contribution in [0.3, 0.4) is 0 Å². The van der Waals surface area contributed by atoms with E-state index in [-0.39, 0.29) is 18.2 Å². The predicted octanol–water partition coefficient (Wildman–Crippen LogP) is 2.00. The maximum Gasteiger partial charge on any atom is 0.373 e. The van der Waals surface area contributed by atoms with Crippen molar-refractivity contribution in [2.45, 2.75) is 19.8 Å². The molecule has 1 N–H and O–H groups in total. The van der Waals surface area contributed by atoms with Crippen LogP contribution >= 0.6 is 11.3 Å². The summed E-state index contributed by atoms with van der Waals surface area (Å²) in [5.74, 6) is -0.678. The fourth-order valence-corrected chi connectivity index (χ4v) is 3.52. The van der Waals surface area contributed by atoms with Crippen molar-refractivity contribution in [3.8, 4) is 0 Å². The molecule has 0 amide bonds. The van der Waals surface area contributed by atoms with Crippen LogP contribution < -0.4 is 4.90 Å². The Morgan fingerprint density at radius 2 is 2.43 bits per heavy atom. The molecular formula is C12H14N4O4S. The van der Waals surface area contributed by atoms with E-state index in [1.165, 1.54) is 15.7 Å². The molecular weight excluding hydrogens is 296 g/mol. The summed E-state index contributed by atoms with van der Waals surface area (Å²) in [6, 6.07) is 0. The van der Waals surface area contributed by atoms with E-state index >= 15 is 0 Å². The third-order valence-corrected chi connectivity index (χ3v) is 4.93. The van der Waals surface area contributed by atoms with Crippen molar-refractivity contribution < 1.29 is 14.8 Å². The zero-order chi connectivity index (χ0) is 15.2.